The van der Waals surface area contributed by atoms with Crippen molar-refractivity contribution in [2.75, 3.05) is 26.4 Å². The molecule has 0 spiro atoms. The molecule has 0 atom stereocenters. The van der Waals surface area contributed by atoms with Crippen LogP contribution in [-0.4, -0.2) is 26.4 Å². The average molecular weight is 631 g/mol. The van der Waals surface area contributed by atoms with Crippen molar-refractivity contribution in [1.82, 2.24) is 0 Å². The van der Waals surface area contributed by atoms with Crippen LogP contribution in [0.15, 0.2) is 0 Å². The van der Waals surface area contributed by atoms with Crippen LogP contribution >= 0.6 is 22.7 Å². The number of hydrogen-bond acceptors (Lipinski definition) is 6. The standard InChI is InChI=1S/C32H42F4O4S2/c1-7-11-15-37-27-19(5)41-31(29(27)39-17-13-9-3)21-23(33)25(35)22(26(36)24(21)34)32-30(40-18-14-10-4)28(20(6)42-32)38-16-12-8-2/h7-18H2,1-6H3. The first-order valence-electron chi connectivity index (χ1n) is 14.9. The fourth-order valence-corrected chi connectivity index (χ4v) is 6.40. The lowest BCUT2D eigenvalue weighted by Gasteiger charge is -2.15. The molecular formula is C32H42F4O4S2. The highest BCUT2D eigenvalue weighted by molar-refractivity contribution is 7.16. The van der Waals surface area contributed by atoms with Crippen molar-refractivity contribution in [2.24, 2.45) is 0 Å². The van der Waals surface area contributed by atoms with Crippen LogP contribution in [0.2, 0.25) is 0 Å². The third kappa shape index (κ3) is 7.54. The molecule has 0 aliphatic carbocycles. The lowest BCUT2D eigenvalue weighted by Crippen LogP contribution is -2.06. The highest BCUT2D eigenvalue weighted by atomic mass is 32.1. The van der Waals surface area contributed by atoms with Crippen molar-refractivity contribution < 1.29 is 36.5 Å². The summed E-state index contributed by atoms with van der Waals surface area (Å²) in [5.41, 5.74) is -1.61. The van der Waals surface area contributed by atoms with Crippen LogP contribution in [0.3, 0.4) is 0 Å². The lowest BCUT2D eigenvalue weighted by molar-refractivity contribution is 0.263. The maximum Gasteiger partial charge on any atom is 0.180 e. The van der Waals surface area contributed by atoms with E-state index in [0.29, 0.717) is 47.3 Å². The van der Waals surface area contributed by atoms with Gasteiger partial charge in [0.2, 0.25) is 0 Å². The summed E-state index contributed by atoms with van der Waals surface area (Å²) < 4.78 is 87.5. The zero-order valence-corrected chi connectivity index (χ0v) is 27.1. The maximum atomic E-state index is 15.9. The minimum atomic E-state index is -1.50. The van der Waals surface area contributed by atoms with Gasteiger partial charge in [0.1, 0.15) is 0 Å². The average Bonchev–Trinajstić information content (AvgIpc) is 3.43. The maximum absolute atomic E-state index is 15.9. The molecule has 2 heterocycles. The Kier molecular flexibility index (Phi) is 13.3. The van der Waals surface area contributed by atoms with Crippen molar-refractivity contribution in [2.45, 2.75) is 92.9 Å². The van der Waals surface area contributed by atoms with E-state index >= 15 is 17.6 Å². The minimum absolute atomic E-state index is 0.0418. The van der Waals surface area contributed by atoms with E-state index < -0.39 is 34.4 Å². The van der Waals surface area contributed by atoms with Gasteiger partial charge in [-0.1, -0.05) is 53.4 Å². The molecule has 0 fully saturated rings. The van der Waals surface area contributed by atoms with Gasteiger partial charge in [-0.15, -0.1) is 22.7 Å². The second kappa shape index (κ2) is 16.4. The smallest absolute Gasteiger partial charge is 0.180 e. The molecule has 0 bridgehead atoms. The molecule has 0 saturated heterocycles. The molecule has 0 radical (unpaired) electrons. The molecular weight excluding hydrogens is 588 g/mol. The molecule has 3 aromatic rings. The Morgan fingerprint density at radius 1 is 0.452 bits per heavy atom. The monoisotopic (exact) mass is 630 g/mol. The van der Waals surface area contributed by atoms with Gasteiger partial charge in [-0.2, -0.15) is 0 Å². The predicted molar refractivity (Wildman–Crippen MR) is 164 cm³/mol. The third-order valence-electron chi connectivity index (χ3n) is 6.67. The van der Waals surface area contributed by atoms with Crippen LogP contribution in [0.1, 0.15) is 88.8 Å². The summed E-state index contributed by atoms with van der Waals surface area (Å²) in [6.45, 7) is 12.8. The lowest BCUT2D eigenvalue weighted by atomic mass is 10.0. The number of unbranched alkanes of at least 4 members (excludes halogenated alkanes) is 4. The van der Waals surface area contributed by atoms with Crippen molar-refractivity contribution in [1.29, 1.82) is 0 Å². The van der Waals surface area contributed by atoms with Crippen molar-refractivity contribution in [3.8, 4) is 43.9 Å². The van der Waals surface area contributed by atoms with E-state index in [0.717, 1.165) is 61.2 Å². The quantitative estimate of drug-likeness (QED) is 0.0796. The van der Waals surface area contributed by atoms with Gasteiger partial charge in [0.25, 0.3) is 0 Å². The predicted octanol–water partition coefficient (Wildman–Crippen LogP) is 11.0. The zero-order valence-electron chi connectivity index (χ0n) is 25.4. The number of benzene rings is 1. The van der Waals surface area contributed by atoms with E-state index in [1.165, 1.54) is 0 Å². The van der Waals surface area contributed by atoms with Crippen LogP contribution in [0.4, 0.5) is 17.6 Å². The summed E-state index contributed by atoms with van der Waals surface area (Å²) in [5, 5.41) is 0. The molecule has 0 N–H and O–H groups in total. The van der Waals surface area contributed by atoms with E-state index in [1.54, 1.807) is 13.8 Å². The van der Waals surface area contributed by atoms with E-state index in [-0.39, 0.29) is 34.5 Å². The Morgan fingerprint density at radius 3 is 0.976 bits per heavy atom. The van der Waals surface area contributed by atoms with Crippen molar-refractivity contribution in [3.63, 3.8) is 0 Å². The first kappa shape index (κ1) is 34.0. The number of rotatable bonds is 18. The Labute approximate surface area is 255 Å². The molecule has 0 saturated carbocycles. The highest BCUT2D eigenvalue weighted by Gasteiger charge is 2.34. The molecule has 3 rings (SSSR count). The molecule has 4 nitrogen and oxygen atoms in total. The van der Waals surface area contributed by atoms with Crippen LogP contribution in [0.25, 0.3) is 20.9 Å². The molecule has 234 valence electrons. The van der Waals surface area contributed by atoms with Gasteiger partial charge < -0.3 is 18.9 Å². The molecule has 42 heavy (non-hydrogen) atoms. The SMILES string of the molecule is CCCCOc1c(C)sc(-c2c(F)c(F)c(-c3sc(C)c(OCCCC)c3OCCCC)c(F)c2F)c1OCCCC. The van der Waals surface area contributed by atoms with Gasteiger partial charge in [-0.3, -0.25) is 0 Å². The molecule has 1 aromatic carbocycles. The normalized spacial score (nSPS) is 11.3. The van der Waals surface area contributed by atoms with Gasteiger partial charge in [0.15, 0.2) is 46.3 Å². The third-order valence-corrected chi connectivity index (χ3v) is 8.84. The number of ether oxygens (including phenoxy) is 4. The summed E-state index contributed by atoms with van der Waals surface area (Å²) >= 11 is 1.97. The topological polar surface area (TPSA) is 36.9 Å². The van der Waals surface area contributed by atoms with Crippen LogP contribution in [0, 0.1) is 37.1 Å². The van der Waals surface area contributed by atoms with Crippen LogP contribution < -0.4 is 18.9 Å². The largest absolute Gasteiger partial charge is 0.489 e. The second-order valence-corrected chi connectivity index (χ2v) is 12.6. The number of hydrogen-bond donors (Lipinski definition) is 0. The Hall–Kier alpha value is -2.46. The van der Waals surface area contributed by atoms with Crippen molar-refractivity contribution in [3.05, 3.63) is 33.0 Å². The fourth-order valence-electron chi connectivity index (χ4n) is 4.25. The molecule has 0 unspecified atom stereocenters. The number of thiophene rings is 2. The zero-order chi connectivity index (χ0) is 30.8. The fraction of sp³-hybridized carbons (Fsp3) is 0.562. The van der Waals surface area contributed by atoms with E-state index in [1.807, 2.05) is 27.7 Å². The molecule has 0 aliphatic rings. The van der Waals surface area contributed by atoms with Gasteiger partial charge in [-0.25, -0.2) is 17.6 Å². The molecule has 0 amide bonds. The molecule has 2 aromatic heterocycles. The molecule has 10 heteroatoms. The minimum Gasteiger partial charge on any atom is -0.489 e. The van der Waals surface area contributed by atoms with Crippen LogP contribution in [0.5, 0.6) is 23.0 Å². The van der Waals surface area contributed by atoms with Crippen LogP contribution in [-0.2, 0) is 0 Å². The number of halogens is 4. The summed E-state index contributed by atoms with van der Waals surface area (Å²) in [5.74, 6) is -5.08. The number of aryl methyl sites for hydroxylation is 2. The van der Waals surface area contributed by atoms with E-state index in [2.05, 4.69) is 0 Å². The summed E-state index contributed by atoms with van der Waals surface area (Å²) in [7, 11) is 0. The first-order valence-corrected chi connectivity index (χ1v) is 16.5. The molecule has 0 aliphatic heterocycles. The van der Waals surface area contributed by atoms with E-state index in [4.69, 9.17) is 18.9 Å². The highest BCUT2D eigenvalue weighted by Crippen LogP contribution is 2.53. The Morgan fingerprint density at radius 2 is 0.714 bits per heavy atom. The Balaban J connectivity index is 2.19. The Bertz CT molecular complexity index is 1190. The summed E-state index contributed by atoms with van der Waals surface area (Å²) in [4.78, 5) is 1.12. The van der Waals surface area contributed by atoms with Gasteiger partial charge in [-0.05, 0) is 39.5 Å². The van der Waals surface area contributed by atoms with Crippen molar-refractivity contribution >= 4 is 22.7 Å². The summed E-state index contributed by atoms with van der Waals surface area (Å²) in [6, 6.07) is 0. The van der Waals surface area contributed by atoms with Gasteiger partial charge >= 0.3 is 0 Å². The first-order chi connectivity index (χ1) is 20.2. The summed E-state index contributed by atoms with van der Waals surface area (Å²) in [6.07, 6.45) is 6.37. The van der Waals surface area contributed by atoms with E-state index in [9.17, 15) is 0 Å². The second-order valence-electron chi connectivity index (χ2n) is 10.1. The van der Waals surface area contributed by atoms with Gasteiger partial charge in [0, 0.05) is 9.75 Å². The van der Waals surface area contributed by atoms with Gasteiger partial charge in [0.05, 0.1) is 47.3 Å².